The smallest absolute Gasteiger partial charge is 0.438 e. The van der Waals surface area contributed by atoms with Gasteiger partial charge in [0.1, 0.15) is 12.4 Å². The molecule has 170 valence electrons. The molecule has 0 bridgehead atoms. The molecule has 0 saturated carbocycles. The normalized spacial score (nSPS) is 11.9. The van der Waals surface area contributed by atoms with Crippen LogP contribution >= 0.6 is 0 Å². The lowest BCUT2D eigenvalue weighted by Gasteiger charge is -2.22. The van der Waals surface area contributed by atoms with Gasteiger partial charge in [0.05, 0.1) is 23.9 Å². The van der Waals surface area contributed by atoms with E-state index < -0.39 is 53.2 Å². The van der Waals surface area contributed by atoms with Gasteiger partial charge >= 0.3 is 18.4 Å². The van der Waals surface area contributed by atoms with E-state index in [1.165, 1.54) is 0 Å². The Hall–Kier alpha value is -2.95. The fourth-order valence-corrected chi connectivity index (χ4v) is 2.97. The van der Waals surface area contributed by atoms with Crippen LogP contribution in [0.4, 0.5) is 36.8 Å². The molecule has 0 saturated heterocycles. The van der Waals surface area contributed by atoms with Gasteiger partial charge in [-0.25, -0.2) is 4.79 Å². The number of anilines is 1. The monoisotopic (exact) mass is 451 g/mol. The van der Waals surface area contributed by atoms with E-state index in [2.05, 4.69) is 4.74 Å². The van der Waals surface area contributed by atoms with Crippen LogP contribution in [-0.2, 0) is 30.1 Å². The zero-order valence-electron chi connectivity index (χ0n) is 16.7. The van der Waals surface area contributed by atoms with E-state index in [1.807, 2.05) is 0 Å². The number of rotatable bonds is 5. The molecule has 0 spiro atoms. The van der Waals surface area contributed by atoms with Gasteiger partial charge in [0.2, 0.25) is 0 Å². The lowest BCUT2D eigenvalue weighted by Crippen LogP contribution is -2.29. The topological polar surface area (TPSA) is 59.0 Å². The number of ether oxygens (including phenoxy) is 2. The predicted octanol–water partition coefficient (Wildman–Crippen LogP) is 6.14. The second-order valence-corrected chi connectivity index (χ2v) is 6.50. The van der Waals surface area contributed by atoms with Crippen molar-refractivity contribution < 1.29 is 45.8 Å². The number of alkyl halides is 6. The van der Waals surface area contributed by atoms with Crippen molar-refractivity contribution in [1.82, 2.24) is 0 Å². The average molecular weight is 451 g/mol. The van der Waals surface area contributed by atoms with Crippen LogP contribution in [0.15, 0.2) is 30.3 Å². The first-order valence-corrected chi connectivity index (χ1v) is 8.90. The van der Waals surface area contributed by atoms with Gasteiger partial charge in [0, 0.05) is 5.56 Å². The maximum atomic E-state index is 13.5. The molecule has 5 nitrogen and oxygen atoms in total. The number of methoxy groups -OCH3 is 1. The molecule has 0 radical (unpaired) electrons. The molecule has 31 heavy (non-hydrogen) atoms. The van der Waals surface area contributed by atoms with Crippen molar-refractivity contribution in [3.8, 4) is 5.75 Å². The standard InChI is InChI=1S/C20H19F6NO4/c1-4-12-9-15(20(24,25)26)17(8-11(12)2)31-10-13-14(19(21,22)23)6-5-7-16(13)27(29)18(28)30-3/h5-9,29H,4,10H2,1-3H3. The van der Waals surface area contributed by atoms with Crippen LogP contribution in [0.25, 0.3) is 0 Å². The number of carbonyl (C=O) groups excluding carboxylic acids is 1. The molecule has 2 rings (SSSR count). The summed E-state index contributed by atoms with van der Waals surface area (Å²) >= 11 is 0. The van der Waals surface area contributed by atoms with Gasteiger partial charge in [-0.05, 0) is 48.7 Å². The highest BCUT2D eigenvalue weighted by molar-refractivity contribution is 5.86. The summed E-state index contributed by atoms with van der Waals surface area (Å²) in [5.74, 6) is -0.673. The van der Waals surface area contributed by atoms with E-state index in [4.69, 9.17) is 4.74 Å². The third-order valence-electron chi connectivity index (χ3n) is 4.53. The second kappa shape index (κ2) is 9.04. The van der Waals surface area contributed by atoms with Gasteiger partial charge in [0.15, 0.2) is 0 Å². The van der Waals surface area contributed by atoms with Crippen molar-refractivity contribution in [3.63, 3.8) is 0 Å². The maximum Gasteiger partial charge on any atom is 0.438 e. The van der Waals surface area contributed by atoms with Crippen LogP contribution in [0.3, 0.4) is 0 Å². The fraction of sp³-hybridized carbons (Fsp3) is 0.350. The zero-order chi connectivity index (χ0) is 23.6. The molecule has 2 aromatic rings. The summed E-state index contributed by atoms with van der Waals surface area (Å²) < 4.78 is 90.3. The Morgan fingerprint density at radius 3 is 2.19 bits per heavy atom. The summed E-state index contributed by atoms with van der Waals surface area (Å²) in [5.41, 5.74) is -2.94. The Bertz CT molecular complexity index is 956. The molecular formula is C20H19F6NO4. The third kappa shape index (κ3) is 5.40. The predicted molar refractivity (Wildman–Crippen MR) is 98.0 cm³/mol. The molecule has 1 amide bonds. The third-order valence-corrected chi connectivity index (χ3v) is 4.53. The second-order valence-electron chi connectivity index (χ2n) is 6.50. The summed E-state index contributed by atoms with van der Waals surface area (Å²) in [4.78, 5) is 11.6. The van der Waals surface area contributed by atoms with Crippen molar-refractivity contribution in [2.75, 3.05) is 12.2 Å². The minimum Gasteiger partial charge on any atom is -0.488 e. The highest BCUT2D eigenvalue weighted by Crippen LogP contribution is 2.40. The molecular weight excluding hydrogens is 432 g/mol. The van der Waals surface area contributed by atoms with Crippen LogP contribution < -0.4 is 9.80 Å². The molecule has 1 N–H and O–H groups in total. The quantitative estimate of drug-likeness (QED) is 0.337. The number of hydroxylamine groups is 1. The number of nitrogens with zero attached hydrogens (tertiary/aromatic N) is 1. The van der Waals surface area contributed by atoms with Crippen molar-refractivity contribution in [1.29, 1.82) is 0 Å². The molecule has 0 aromatic heterocycles. The number of benzene rings is 2. The molecule has 0 aliphatic heterocycles. The van der Waals surface area contributed by atoms with Gasteiger partial charge in [-0.1, -0.05) is 13.0 Å². The molecule has 0 unspecified atom stereocenters. The molecule has 0 heterocycles. The van der Waals surface area contributed by atoms with Crippen LogP contribution in [0.1, 0.15) is 34.7 Å². The Labute approximate surface area is 173 Å². The van der Waals surface area contributed by atoms with Crippen molar-refractivity contribution in [2.45, 2.75) is 39.2 Å². The van der Waals surface area contributed by atoms with Crippen LogP contribution in [0, 0.1) is 6.92 Å². The lowest BCUT2D eigenvalue weighted by molar-refractivity contribution is -0.140. The van der Waals surface area contributed by atoms with Crippen LogP contribution in [0.5, 0.6) is 5.75 Å². The highest BCUT2D eigenvalue weighted by atomic mass is 19.4. The lowest BCUT2D eigenvalue weighted by atomic mass is 10.0. The maximum absolute atomic E-state index is 13.5. The number of carbonyl (C=O) groups is 1. The Kier molecular flexibility index (Phi) is 7.10. The van der Waals surface area contributed by atoms with Gasteiger partial charge < -0.3 is 9.47 Å². The molecule has 0 fully saturated rings. The number of hydrogen-bond acceptors (Lipinski definition) is 4. The Morgan fingerprint density at radius 2 is 1.68 bits per heavy atom. The van der Waals surface area contributed by atoms with Crippen LogP contribution in [0.2, 0.25) is 0 Å². The van der Waals surface area contributed by atoms with Crippen molar-refractivity contribution >= 4 is 11.8 Å². The summed E-state index contributed by atoms with van der Waals surface area (Å²) in [6.45, 7) is 2.21. The molecule has 0 aliphatic carbocycles. The van der Waals surface area contributed by atoms with E-state index >= 15 is 0 Å². The SMILES string of the molecule is CCc1cc(C(F)(F)F)c(OCc2c(N(O)C(=O)OC)cccc2C(F)(F)F)cc1C. The molecule has 0 aliphatic rings. The van der Waals surface area contributed by atoms with E-state index in [1.54, 1.807) is 13.8 Å². The van der Waals surface area contributed by atoms with Gasteiger partial charge in [-0.3, -0.25) is 5.21 Å². The zero-order valence-corrected chi connectivity index (χ0v) is 16.7. The Morgan fingerprint density at radius 1 is 1.06 bits per heavy atom. The summed E-state index contributed by atoms with van der Waals surface area (Å²) in [7, 11) is 0.892. The largest absolute Gasteiger partial charge is 0.488 e. The van der Waals surface area contributed by atoms with E-state index in [9.17, 15) is 36.3 Å². The number of hydrogen-bond donors (Lipinski definition) is 1. The first kappa shape index (κ1) is 24.3. The minimum absolute atomic E-state index is 0.177. The highest BCUT2D eigenvalue weighted by Gasteiger charge is 2.37. The van der Waals surface area contributed by atoms with Crippen molar-refractivity contribution in [2.24, 2.45) is 0 Å². The van der Waals surface area contributed by atoms with E-state index in [-0.39, 0.29) is 5.06 Å². The van der Waals surface area contributed by atoms with Gasteiger partial charge in [0.25, 0.3) is 0 Å². The molecule has 11 heteroatoms. The van der Waals surface area contributed by atoms with E-state index in [0.29, 0.717) is 23.6 Å². The van der Waals surface area contributed by atoms with Crippen molar-refractivity contribution in [3.05, 3.63) is 58.1 Å². The van der Waals surface area contributed by atoms with E-state index in [0.717, 1.165) is 31.4 Å². The molecule has 0 atom stereocenters. The number of amides is 1. The summed E-state index contributed by atoms with van der Waals surface area (Å²) in [5, 5.41) is 9.73. The number of halogens is 6. The van der Waals surface area contributed by atoms with Crippen LogP contribution in [-0.4, -0.2) is 18.4 Å². The molecule has 2 aromatic carbocycles. The Balaban J connectivity index is 2.57. The summed E-state index contributed by atoms with van der Waals surface area (Å²) in [6.07, 6.45) is -10.8. The number of aryl methyl sites for hydroxylation is 2. The fourth-order valence-electron chi connectivity index (χ4n) is 2.97. The van der Waals surface area contributed by atoms with Gasteiger partial charge in [-0.15, -0.1) is 0 Å². The minimum atomic E-state index is -4.93. The first-order valence-electron chi connectivity index (χ1n) is 8.90. The summed E-state index contributed by atoms with van der Waals surface area (Å²) in [6, 6.07) is 4.53. The van der Waals surface area contributed by atoms with Gasteiger partial charge in [-0.2, -0.15) is 31.4 Å². The average Bonchev–Trinajstić information content (AvgIpc) is 2.69. The first-order chi connectivity index (χ1) is 14.3.